The number of hydrogen-bond donors (Lipinski definition) is 0. The van der Waals surface area contributed by atoms with Gasteiger partial charge in [0.1, 0.15) is 11.6 Å². The van der Waals surface area contributed by atoms with E-state index in [1.165, 1.54) is 31.4 Å². The standard InChI is InChI=1S/C33H44N6O3S/c1-25-21-30(42-3)22-26(2)32(25)43(40,41)39(29-6-7-29)16-4-5-27-23-35-24-31(36-27)38-19-12-33(13-20-38)10-17-37(18-11-33)28-8-14-34-15-9-28/h8-9,14-15,21-24,29H,4-7,10-13,16-20H2,1-3H3. The summed E-state index contributed by atoms with van der Waals surface area (Å²) in [5.74, 6) is 1.62. The molecule has 6 rings (SSSR count). The largest absolute Gasteiger partial charge is 0.497 e. The zero-order valence-electron chi connectivity index (χ0n) is 25.7. The highest BCUT2D eigenvalue weighted by Crippen LogP contribution is 2.43. The number of anilines is 2. The quantitative estimate of drug-likeness (QED) is 0.313. The molecule has 4 heterocycles. The van der Waals surface area contributed by atoms with Crippen LogP contribution in [0, 0.1) is 19.3 Å². The van der Waals surface area contributed by atoms with Crippen molar-refractivity contribution in [3.05, 3.63) is 65.9 Å². The molecule has 2 saturated heterocycles. The normalized spacial score (nSPS) is 18.8. The zero-order valence-corrected chi connectivity index (χ0v) is 26.5. The maximum Gasteiger partial charge on any atom is 0.243 e. The van der Waals surface area contributed by atoms with Crippen molar-refractivity contribution in [1.29, 1.82) is 0 Å². The first-order valence-corrected chi connectivity index (χ1v) is 17.1. The Morgan fingerprint density at radius 2 is 1.56 bits per heavy atom. The highest BCUT2D eigenvalue weighted by atomic mass is 32.2. The fourth-order valence-electron chi connectivity index (χ4n) is 7.00. The molecular formula is C33H44N6O3S. The Morgan fingerprint density at radius 3 is 2.16 bits per heavy atom. The van der Waals surface area contributed by atoms with E-state index >= 15 is 0 Å². The van der Waals surface area contributed by atoms with Crippen LogP contribution in [-0.2, 0) is 16.4 Å². The number of sulfonamides is 1. The van der Waals surface area contributed by atoms with Crippen LogP contribution in [0.5, 0.6) is 5.75 Å². The van der Waals surface area contributed by atoms with Crippen LogP contribution in [0.2, 0.25) is 0 Å². The van der Waals surface area contributed by atoms with Crippen LogP contribution in [0.15, 0.2) is 53.9 Å². The summed E-state index contributed by atoms with van der Waals surface area (Å²) in [6, 6.07) is 7.91. The van der Waals surface area contributed by atoms with Crippen molar-refractivity contribution >= 4 is 21.5 Å². The van der Waals surface area contributed by atoms with E-state index in [2.05, 4.69) is 31.9 Å². The molecule has 0 atom stereocenters. The van der Waals surface area contributed by atoms with Gasteiger partial charge in [-0.3, -0.25) is 9.97 Å². The van der Waals surface area contributed by atoms with Gasteiger partial charge in [0.25, 0.3) is 0 Å². The number of aromatic nitrogens is 3. The monoisotopic (exact) mass is 604 g/mol. The Kier molecular flexibility index (Phi) is 8.60. The molecule has 9 nitrogen and oxygen atoms in total. The van der Waals surface area contributed by atoms with Gasteiger partial charge in [0, 0.05) is 63.0 Å². The molecule has 1 saturated carbocycles. The fraction of sp³-hybridized carbons (Fsp3) is 0.545. The average molecular weight is 605 g/mol. The van der Waals surface area contributed by atoms with Gasteiger partial charge in [-0.1, -0.05) is 0 Å². The first kappa shape index (κ1) is 29.8. The zero-order chi connectivity index (χ0) is 30.0. The van der Waals surface area contributed by atoms with Crippen LogP contribution >= 0.6 is 0 Å². The maximum atomic E-state index is 13.8. The van der Waals surface area contributed by atoms with Crippen molar-refractivity contribution in [2.45, 2.75) is 76.2 Å². The van der Waals surface area contributed by atoms with Gasteiger partial charge in [0.15, 0.2) is 0 Å². The van der Waals surface area contributed by atoms with Gasteiger partial charge >= 0.3 is 0 Å². The second kappa shape index (κ2) is 12.4. The van der Waals surface area contributed by atoms with E-state index in [-0.39, 0.29) is 6.04 Å². The maximum absolute atomic E-state index is 13.8. The first-order valence-electron chi connectivity index (χ1n) is 15.7. The third kappa shape index (κ3) is 6.50. The van der Waals surface area contributed by atoms with Crippen molar-refractivity contribution < 1.29 is 13.2 Å². The molecule has 1 spiro atoms. The van der Waals surface area contributed by atoms with E-state index in [4.69, 9.17) is 9.72 Å². The molecule has 10 heteroatoms. The fourth-order valence-corrected chi connectivity index (χ4v) is 9.14. The molecule has 1 aliphatic carbocycles. The average Bonchev–Trinajstić information content (AvgIpc) is 3.85. The van der Waals surface area contributed by atoms with Gasteiger partial charge in [-0.15, -0.1) is 0 Å². The molecule has 0 unspecified atom stereocenters. The topological polar surface area (TPSA) is 91.8 Å². The smallest absolute Gasteiger partial charge is 0.243 e. The lowest BCUT2D eigenvalue weighted by atomic mass is 9.71. The number of nitrogens with zero attached hydrogens (tertiary/aromatic N) is 6. The van der Waals surface area contributed by atoms with E-state index in [0.29, 0.717) is 35.4 Å². The minimum atomic E-state index is -3.61. The van der Waals surface area contributed by atoms with Crippen LogP contribution in [0.4, 0.5) is 11.5 Å². The first-order chi connectivity index (χ1) is 20.8. The van der Waals surface area contributed by atoms with Crippen LogP contribution in [0.1, 0.15) is 61.8 Å². The third-order valence-electron chi connectivity index (χ3n) is 9.67. The SMILES string of the molecule is COc1cc(C)c(S(=O)(=O)N(CCCc2cncc(N3CCC4(CCN(c5ccncc5)CC4)CC3)n2)C2CC2)c(C)c1. The predicted octanol–water partition coefficient (Wildman–Crippen LogP) is 5.17. The van der Waals surface area contributed by atoms with Crippen LogP contribution in [0.25, 0.3) is 0 Å². The molecule has 3 aromatic rings. The lowest BCUT2D eigenvalue weighted by Crippen LogP contribution is -2.47. The van der Waals surface area contributed by atoms with E-state index in [0.717, 1.165) is 61.7 Å². The Hall–Kier alpha value is -3.24. The summed E-state index contributed by atoms with van der Waals surface area (Å²) in [6.07, 6.45) is 15.5. The van der Waals surface area contributed by atoms with Gasteiger partial charge in [-0.2, -0.15) is 4.31 Å². The van der Waals surface area contributed by atoms with Crippen LogP contribution in [-0.4, -0.2) is 73.6 Å². The van der Waals surface area contributed by atoms with E-state index in [1.54, 1.807) is 23.5 Å². The molecule has 1 aromatic carbocycles. The highest BCUT2D eigenvalue weighted by molar-refractivity contribution is 7.89. The number of rotatable bonds is 10. The Labute approximate surface area is 256 Å². The summed E-state index contributed by atoms with van der Waals surface area (Å²) in [5.41, 5.74) is 4.07. The van der Waals surface area contributed by atoms with Crippen molar-refractivity contribution in [2.75, 3.05) is 49.6 Å². The van der Waals surface area contributed by atoms with Crippen LogP contribution in [0.3, 0.4) is 0 Å². The number of pyridine rings is 1. The Morgan fingerprint density at radius 1 is 0.930 bits per heavy atom. The molecule has 230 valence electrons. The molecule has 3 aliphatic rings. The van der Waals surface area contributed by atoms with Crippen molar-refractivity contribution in [1.82, 2.24) is 19.3 Å². The summed E-state index contributed by atoms with van der Waals surface area (Å²) < 4.78 is 34.7. The minimum absolute atomic E-state index is 0.0839. The Balaban J connectivity index is 1.04. The van der Waals surface area contributed by atoms with Crippen molar-refractivity contribution in [2.24, 2.45) is 5.41 Å². The molecular weight excluding hydrogens is 560 g/mol. The van der Waals surface area contributed by atoms with Gasteiger partial charge in [0.2, 0.25) is 10.0 Å². The predicted molar refractivity (Wildman–Crippen MR) is 169 cm³/mol. The lowest BCUT2D eigenvalue weighted by molar-refractivity contribution is 0.166. The molecule has 0 amide bonds. The highest BCUT2D eigenvalue weighted by Gasteiger charge is 2.40. The summed E-state index contributed by atoms with van der Waals surface area (Å²) in [7, 11) is -2.00. The number of aryl methyl sites for hydroxylation is 3. The van der Waals surface area contributed by atoms with Gasteiger partial charge in [0.05, 0.1) is 23.9 Å². The number of hydrogen-bond acceptors (Lipinski definition) is 8. The summed E-state index contributed by atoms with van der Waals surface area (Å²) in [6.45, 7) is 8.38. The molecule has 0 radical (unpaired) electrons. The Bertz CT molecular complexity index is 1490. The minimum Gasteiger partial charge on any atom is -0.497 e. The van der Waals surface area contributed by atoms with E-state index in [1.807, 2.05) is 38.6 Å². The molecule has 2 aliphatic heterocycles. The summed E-state index contributed by atoms with van der Waals surface area (Å²) in [4.78, 5) is 18.9. The molecule has 0 N–H and O–H groups in total. The van der Waals surface area contributed by atoms with Crippen LogP contribution < -0.4 is 14.5 Å². The van der Waals surface area contributed by atoms with Crippen molar-refractivity contribution in [3.63, 3.8) is 0 Å². The molecule has 43 heavy (non-hydrogen) atoms. The number of methoxy groups -OCH3 is 1. The third-order valence-corrected chi connectivity index (χ3v) is 11.9. The van der Waals surface area contributed by atoms with Gasteiger partial charge in [-0.25, -0.2) is 13.4 Å². The molecule has 2 aromatic heterocycles. The number of ether oxygens (including phenoxy) is 1. The second-order valence-electron chi connectivity index (χ2n) is 12.6. The van der Waals surface area contributed by atoms with Crippen molar-refractivity contribution in [3.8, 4) is 5.75 Å². The number of benzene rings is 1. The van der Waals surface area contributed by atoms with E-state index in [9.17, 15) is 8.42 Å². The van der Waals surface area contributed by atoms with E-state index < -0.39 is 10.0 Å². The lowest BCUT2D eigenvalue weighted by Gasteiger charge is -2.47. The summed E-state index contributed by atoms with van der Waals surface area (Å²) >= 11 is 0. The second-order valence-corrected chi connectivity index (χ2v) is 14.4. The molecule has 3 fully saturated rings. The molecule has 0 bridgehead atoms. The van der Waals surface area contributed by atoms with Gasteiger partial charge in [-0.05, 0) is 106 Å². The van der Waals surface area contributed by atoms with Gasteiger partial charge < -0.3 is 14.5 Å². The summed E-state index contributed by atoms with van der Waals surface area (Å²) in [5, 5.41) is 0. The number of piperidine rings is 2.